The number of aromatic nitrogens is 5. The highest BCUT2D eigenvalue weighted by atomic mass is 32.1. The highest BCUT2D eigenvalue weighted by molar-refractivity contribution is 7.29. The Morgan fingerprint density at radius 2 is 1.97 bits per heavy atom. The van der Waals surface area contributed by atoms with Crippen molar-refractivity contribution in [2.75, 3.05) is 19.0 Å². The van der Waals surface area contributed by atoms with E-state index >= 15 is 0 Å². The fourth-order valence-electron chi connectivity index (χ4n) is 3.41. The van der Waals surface area contributed by atoms with Crippen LogP contribution in [0.5, 0.6) is 0 Å². The third-order valence-electron chi connectivity index (χ3n) is 5.01. The largest absolute Gasteiger partial charge is 0.453 e. The molecule has 0 amide bonds. The summed E-state index contributed by atoms with van der Waals surface area (Å²) in [5, 5.41) is 0.877. The van der Waals surface area contributed by atoms with Gasteiger partial charge in [0.1, 0.15) is 22.1 Å². The lowest BCUT2D eigenvalue weighted by atomic mass is 10.3. The van der Waals surface area contributed by atoms with Crippen molar-refractivity contribution in [3.05, 3.63) is 37.6 Å². The van der Waals surface area contributed by atoms with Crippen LogP contribution in [0.2, 0.25) is 0 Å². The molecule has 0 bridgehead atoms. The van der Waals surface area contributed by atoms with Gasteiger partial charge in [-0.2, -0.15) is 0 Å². The normalized spacial score (nSPS) is 11.5. The second-order valence-corrected chi connectivity index (χ2v) is 9.50. The molecule has 4 aromatic heterocycles. The van der Waals surface area contributed by atoms with Crippen molar-refractivity contribution in [3.63, 3.8) is 0 Å². The van der Waals surface area contributed by atoms with Crippen molar-refractivity contribution in [2.45, 2.75) is 46.4 Å². The molecule has 0 atom stereocenters. The zero-order valence-corrected chi connectivity index (χ0v) is 19.9. The maximum absolute atomic E-state index is 12.6. The molecule has 4 aromatic rings. The molecule has 10 nitrogen and oxygen atoms in total. The molecule has 0 aliphatic carbocycles. The predicted molar refractivity (Wildman–Crippen MR) is 126 cm³/mol. The van der Waals surface area contributed by atoms with Gasteiger partial charge in [0.2, 0.25) is 0 Å². The number of anilines is 1. The van der Waals surface area contributed by atoms with E-state index in [0.29, 0.717) is 35.0 Å². The van der Waals surface area contributed by atoms with Crippen molar-refractivity contribution in [3.8, 4) is 0 Å². The second kappa shape index (κ2) is 8.87. The van der Waals surface area contributed by atoms with Gasteiger partial charge in [0.05, 0.1) is 4.70 Å². The molecule has 0 fully saturated rings. The smallest absolute Gasteiger partial charge is 0.348 e. The Labute approximate surface area is 191 Å². The van der Waals surface area contributed by atoms with Crippen molar-refractivity contribution in [1.82, 2.24) is 24.1 Å². The number of thiophene rings is 1. The molecule has 4 heterocycles. The van der Waals surface area contributed by atoms with Crippen molar-refractivity contribution in [2.24, 2.45) is 0 Å². The van der Waals surface area contributed by atoms with Crippen LogP contribution in [0.3, 0.4) is 0 Å². The van der Waals surface area contributed by atoms with Crippen LogP contribution in [0.25, 0.3) is 20.7 Å². The maximum atomic E-state index is 12.6. The highest BCUT2D eigenvalue weighted by Gasteiger charge is 2.20. The number of nitrogens with one attached hydrogen (secondary N) is 1. The van der Waals surface area contributed by atoms with E-state index < -0.39 is 17.2 Å². The molecule has 0 aromatic carbocycles. The Hall–Kier alpha value is -2.99. The minimum atomic E-state index is -0.495. The maximum Gasteiger partial charge on any atom is 0.348 e. The van der Waals surface area contributed by atoms with Crippen molar-refractivity contribution < 1.29 is 9.53 Å². The van der Waals surface area contributed by atoms with E-state index in [-0.39, 0.29) is 6.61 Å². The van der Waals surface area contributed by atoms with Crippen LogP contribution in [-0.4, -0.2) is 44.2 Å². The molecule has 4 rings (SSSR count). The first kappa shape index (κ1) is 22.2. The van der Waals surface area contributed by atoms with Gasteiger partial charge < -0.3 is 14.2 Å². The minimum Gasteiger partial charge on any atom is -0.453 e. The van der Waals surface area contributed by atoms with Crippen LogP contribution in [0.1, 0.15) is 42.2 Å². The Kier molecular flexibility index (Phi) is 6.15. The molecule has 0 saturated heterocycles. The van der Waals surface area contributed by atoms with Gasteiger partial charge in [0.25, 0.3) is 5.56 Å². The second-order valence-electron chi connectivity index (χ2n) is 7.46. The van der Waals surface area contributed by atoms with E-state index in [1.54, 1.807) is 10.6 Å². The van der Waals surface area contributed by atoms with Crippen molar-refractivity contribution >= 4 is 54.5 Å². The number of carbonyl (C=O) groups excluding carboxylic acids is 1. The number of aromatic amines is 1. The molecule has 32 heavy (non-hydrogen) atoms. The zero-order valence-electron chi connectivity index (χ0n) is 18.3. The molecule has 0 radical (unpaired) electrons. The summed E-state index contributed by atoms with van der Waals surface area (Å²) in [6.45, 7) is 4.69. The number of H-pyrrole nitrogens is 1. The third kappa shape index (κ3) is 3.95. The van der Waals surface area contributed by atoms with Gasteiger partial charge in [-0.3, -0.25) is 14.3 Å². The van der Waals surface area contributed by atoms with Crippen LogP contribution in [0.4, 0.5) is 5.13 Å². The molecule has 0 aliphatic rings. The topological polar surface area (TPSA) is 115 Å². The van der Waals surface area contributed by atoms with E-state index in [2.05, 4.69) is 15.0 Å². The van der Waals surface area contributed by atoms with E-state index in [4.69, 9.17) is 4.74 Å². The lowest BCUT2D eigenvalue weighted by Gasteiger charge is -2.07. The number of aryl methyl sites for hydroxylation is 2. The number of thiazole rings is 1. The van der Waals surface area contributed by atoms with Gasteiger partial charge in [0.15, 0.2) is 16.3 Å². The summed E-state index contributed by atoms with van der Waals surface area (Å²) in [7, 11) is 3.84. The minimum absolute atomic E-state index is 0.106. The number of esters is 1. The fraction of sp³-hybridized carbons (Fsp3) is 0.450. The first-order valence-corrected chi connectivity index (χ1v) is 11.9. The Morgan fingerprint density at radius 3 is 2.62 bits per heavy atom. The van der Waals surface area contributed by atoms with Gasteiger partial charge in [0, 0.05) is 27.2 Å². The van der Waals surface area contributed by atoms with Gasteiger partial charge in [-0.05, 0) is 19.4 Å². The van der Waals surface area contributed by atoms with Crippen LogP contribution < -0.4 is 16.1 Å². The standard InChI is InChI=1S/C20H24N6O4S2/c1-5-7-8-26-15-14(16(27)22-19(26)29)25(6-2)13(21-15)10-30-18(28)12-9-11-17(31-12)23-20(32-11)24(3)4/h9H,5-8,10H2,1-4H3,(H,22,27,29). The van der Waals surface area contributed by atoms with E-state index in [1.807, 2.05) is 32.8 Å². The van der Waals surface area contributed by atoms with Crippen molar-refractivity contribution in [1.29, 1.82) is 0 Å². The number of rotatable bonds is 8. The van der Waals surface area contributed by atoms with E-state index in [0.717, 1.165) is 27.5 Å². The molecule has 12 heteroatoms. The van der Waals surface area contributed by atoms with Gasteiger partial charge in [-0.1, -0.05) is 24.7 Å². The van der Waals surface area contributed by atoms with E-state index in [1.165, 1.54) is 27.2 Å². The number of nitrogens with zero attached hydrogens (tertiary/aromatic N) is 5. The summed E-state index contributed by atoms with van der Waals surface area (Å²) in [6.07, 6.45) is 1.68. The summed E-state index contributed by atoms with van der Waals surface area (Å²) in [5.74, 6) is -0.0535. The summed E-state index contributed by atoms with van der Waals surface area (Å²) in [5.41, 5.74) is -0.349. The third-order valence-corrected chi connectivity index (χ3v) is 7.32. The van der Waals surface area contributed by atoms with Gasteiger partial charge >= 0.3 is 11.7 Å². The fourth-order valence-corrected chi connectivity index (χ4v) is 5.44. The monoisotopic (exact) mass is 476 g/mol. The SMILES string of the molecule is CCCCn1c(=O)[nH]c(=O)c2c1nc(COC(=O)c1cc3sc(N(C)C)nc3s1)n2CC. The first-order chi connectivity index (χ1) is 15.3. The van der Waals surface area contributed by atoms with Crippen LogP contribution >= 0.6 is 22.7 Å². The Morgan fingerprint density at radius 1 is 1.19 bits per heavy atom. The summed E-state index contributed by atoms with van der Waals surface area (Å²) < 4.78 is 9.59. The van der Waals surface area contributed by atoms with Crippen LogP contribution in [-0.2, 0) is 24.4 Å². The number of carbonyl (C=O) groups is 1. The molecule has 0 saturated carbocycles. The molecule has 0 aliphatic heterocycles. The molecule has 0 unspecified atom stereocenters. The average molecular weight is 477 g/mol. The quantitative estimate of drug-likeness (QED) is 0.389. The predicted octanol–water partition coefficient (Wildman–Crippen LogP) is 2.80. The number of ether oxygens (including phenoxy) is 1. The average Bonchev–Trinajstić information content (AvgIpc) is 3.43. The summed E-state index contributed by atoms with van der Waals surface area (Å²) >= 11 is 2.79. The number of imidazole rings is 1. The number of hydrogen-bond donors (Lipinski definition) is 1. The molecule has 170 valence electrons. The number of hydrogen-bond acceptors (Lipinski definition) is 9. The molecular formula is C20H24N6O4S2. The lowest BCUT2D eigenvalue weighted by molar-refractivity contribution is 0.0464. The molecule has 1 N–H and O–H groups in total. The molecule has 0 spiro atoms. The van der Waals surface area contributed by atoms with Crippen LogP contribution in [0, 0.1) is 0 Å². The number of fused-ring (bicyclic) bond motifs is 2. The summed E-state index contributed by atoms with van der Waals surface area (Å²) in [4.78, 5) is 52.0. The Bertz CT molecular complexity index is 1380. The zero-order chi connectivity index (χ0) is 23.0. The molecular weight excluding hydrogens is 452 g/mol. The first-order valence-electron chi connectivity index (χ1n) is 10.3. The Balaban J connectivity index is 1.61. The highest BCUT2D eigenvalue weighted by Crippen LogP contribution is 2.34. The van der Waals surface area contributed by atoms with Gasteiger partial charge in [-0.25, -0.2) is 19.6 Å². The van der Waals surface area contributed by atoms with Gasteiger partial charge in [-0.15, -0.1) is 11.3 Å². The number of unbranched alkanes of at least 4 members (excludes halogenated alkanes) is 1. The lowest BCUT2D eigenvalue weighted by Crippen LogP contribution is -2.31. The van der Waals surface area contributed by atoms with Crippen LogP contribution in [0.15, 0.2) is 15.7 Å². The summed E-state index contributed by atoms with van der Waals surface area (Å²) in [6, 6.07) is 1.78. The van der Waals surface area contributed by atoms with E-state index in [9.17, 15) is 14.4 Å².